The first-order valence-corrected chi connectivity index (χ1v) is 13.6. The van der Waals surface area contributed by atoms with Crippen LogP contribution in [0.15, 0.2) is 30.3 Å². The molecule has 1 aliphatic carbocycles. The lowest BCUT2D eigenvalue weighted by Crippen LogP contribution is -2.50. The Balaban J connectivity index is 1.15. The van der Waals surface area contributed by atoms with Crippen LogP contribution >= 0.6 is 0 Å². The summed E-state index contributed by atoms with van der Waals surface area (Å²) in [6, 6.07) is 11.9. The third-order valence-corrected chi connectivity index (χ3v) is 8.18. The first kappa shape index (κ1) is 24.3. The van der Waals surface area contributed by atoms with Crippen LogP contribution in [0, 0.1) is 19.8 Å². The minimum atomic E-state index is 0.792. The average Bonchev–Trinajstić information content (AvgIpc) is 3.22. The van der Waals surface area contributed by atoms with Crippen LogP contribution in [-0.4, -0.2) is 70.1 Å². The van der Waals surface area contributed by atoms with Crippen molar-refractivity contribution >= 4 is 16.9 Å². The van der Waals surface area contributed by atoms with Crippen LogP contribution in [-0.2, 0) is 13.0 Å². The number of nitrogens with one attached hydrogen (secondary N) is 1. The molecule has 3 heterocycles. The second kappa shape index (κ2) is 10.7. The van der Waals surface area contributed by atoms with Gasteiger partial charge in [-0.3, -0.25) is 4.90 Å². The van der Waals surface area contributed by atoms with Gasteiger partial charge in [0.25, 0.3) is 0 Å². The number of nitrogens with zero attached hydrogens (tertiary/aromatic N) is 5. The van der Waals surface area contributed by atoms with E-state index in [2.05, 4.69) is 77.8 Å². The first-order chi connectivity index (χ1) is 17.0. The standard InChI is InChI=1S/C29H42N6/c1-5-27-32-28-21(2)18-22(3)31-29(28)35(27)20-24-6-10-25(11-7-24)30-19-23-8-12-26(13-9-23)34-16-14-33(4)15-17-34/h6-7,10-11,18,23,26,30H,5,8-9,12-17,19-20H2,1-4H3. The molecule has 0 amide bonds. The van der Waals surface area contributed by atoms with Crippen molar-refractivity contribution in [2.24, 2.45) is 5.92 Å². The summed E-state index contributed by atoms with van der Waals surface area (Å²) in [6.07, 6.45) is 6.33. The van der Waals surface area contributed by atoms with Gasteiger partial charge >= 0.3 is 0 Å². The minimum Gasteiger partial charge on any atom is -0.385 e. The molecule has 5 rings (SSSR count). The third kappa shape index (κ3) is 5.54. The molecule has 2 aliphatic rings. The van der Waals surface area contributed by atoms with E-state index in [1.165, 1.54) is 68.7 Å². The van der Waals surface area contributed by atoms with Crippen molar-refractivity contribution in [3.63, 3.8) is 0 Å². The Morgan fingerprint density at radius 2 is 1.66 bits per heavy atom. The molecule has 0 unspecified atom stereocenters. The van der Waals surface area contributed by atoms with Gasteiger partial charge in [0.15, 0.2) is 5.65 Å². The van der Waals surface area contributed by atoms with E-state index < -0.39 is 0 Å². The van der Waals surface area contributed by atoms with E-state index in [1.807, 2.05) is 0 Å². The van der Waals surface area contributed by atoms with Gasteiger partial charge in [0.2, 0.25) is 0 Å². The number of anilines is 1. The quantitative estimate of drug-likeness (QED) is 0.529. The Labute approximate surface area is 210 Å². The highest BCUT2D eigenvalue weighted by Gasteiger charge is 2.27. The predicted octanol–water partition coefficient (Wildman–Crippen LogP) is 4.88. The molecule has 2 fully saturated rings. The van der Waals surface area contributed by atoms with Crippen LogP contribution in [0.2, 0.25) is 0 Å². The Kier molecular flexibility index (Phi) is 7.40. The number of piperazine rings is 1. The fraction of sp³-hybridized carbons (Fsp3) is 0.586. The molecule has 1 aromatic carbocycles. The van der Waals surface area contributed by atoms with Crippen LogP contribution in [0.4, 0.5) is 5.69 Å². The number of rotatable bonds is 7. The Bertz CT molecular complexity index is 1120. The molecule has 0 atom stereocenters. The van der Waals surface area contributed by atoms with Gasteiger partial charge in [-0.25, -0.2) is 9.97 Å². The number of pyridine rings is 1. The smallest absolute Gasteiger partial charge is 0.160 e. The second-order valence-corrected chi connectivity index (χ2v) is 10.8. The molecule has 1 N–H and O–H groups in total. The summed E-state index contributed by atoms with van der Waals surface area (Å²) < 4.78 is 2.29. The summed E-state index contributed by atoms with van der Waals surface area (Å²) in [5.74, 6) is 1.90. The summed E-state index contributed by atoms with van der Waals surface area (Å²) in [5.41, 5.74) is 6.82. The highest BCUT2D eigenvalue weighted by molar-refractivity contribution is 5.76. The minimum absolute atomic E-state index is 0.792. The number of fused-ring (bicyclic) bond motifs is 1. The van der Waals surface area contributed by atoms with Gasteiger partial charge in [-0.15, -0.1) is 0 Å². The van der Waals surface area contributed by atoms with Crippen LogP contribution < -0.4 is 5.32 Å². The van der Waals surface area contributed by atoms with Crippen LogP contribution in [0.25, 0.3) is 11.2 Å². The number of benzene rings is 1. The molecule has 1 saturated heterocycles. The van der Waals surface area contributed by atoms with E-state index >= 15 is 0 Å². The summed E-state index contributed by atoms with van der Waals surface area (Å²) >= 11 is 0. The fourth-order valence-electron chi connectivity index (χ4n) is 5.96. The summed E-state index contributed by atoms with van der Waals surface area (Å²) in [4.78, 5) is 14.9. The van der Waals surface area contributed by atoms with E-state index in [0.717, 1.165) is 54.2 Å². The van der Waals surface area contributed by atoms with Crippen molar-refractivity contribution in [1.82, 2.24) is 24.3 Å². The number of hydrogen-bond donors (Lipinski definition) is 1. The van der Waals surface area contributed by atoms with E-state index in [0.29, 0.717) is 0 Å². The van der Waals surface area contributed by atoms with Gasteiger partial charge in [-0.1, -0.05) is 19.1 Å². The SMILES string of the molecule is CCc1nc2c(C)cc(C)nc2n1Cc1ccc(NCC2CCC(N3CCN(C)CC3)CC2)cc1. The second-order valence-electron chi connectivity index (χ2n) is 10.8. The molecule has 6 heteroatoms. The van der Waals surface area contributed by atoms with Crippen molar-refractivity contribution in [3.8, 4) is 0 Å². The van der Waals surface area contributed by atoms with E-state index in [4.69, 9.17) is 9.97 Å². The topological polar surface area (TPSA) is 49.2 Å². The van der Waals surface area contributed by atoms with Crippen LogP contribution in [0.5, 0.6) is 0 Å². The maximum Gasteiger partial charge on any atom is 0.160 e. The third-order valence-electron chi connectivity index (χ3n) is 8.18. The molecular weight excluding hydrogens is 432 g/mol. The number of likely N-dealkylation sites (N-methyl/N-ethyl adjacent to an activating group) is 1. The van der Waals surface area contributed by atoms with Gasteiger partial charge < -0.3 is 14.8 Å². The Morgan fingerprint density at radius 1 is 0.943 bits per heavy atom. The number of aromatic nitrogens is 3. The predicted molar refractivity (Wildman–Crippen MR) is 145 cm³/mol. The van der Waals surface area contributed by atoms with E-state index in [9.17, 15) is 0 Å². The lowest BCUT2D eigenvalue weighted by atomic mass is 9.85. The molecule has 35 heavy (non-hydrogen) atoms. The van der Waals surface area contributed by atoms with E-state index in [-0.39, 0.29) is 0 Å². The van der Waals surface area contributed by atoms with Crippen molar-refractivity contribution < 1.29 is 0 Å². The van der Waals surface area contributed by atoms with Gasteiger partial charge in [-0.05, 0) is 81.8 Å². The molecule has 1 saturated carbocycles. The van der Waals surface area contributed by atoms with Gasteiger partial charge in [0, 0.05) is 56.6 Å². The maximum atomic E-state index is 4.89. The van der Waals surface area contributed by atoms with Gasteiger partial charge in [-0.2, -0.15) is 0 Å². The molecule has 6 nitrogen and oxygen atoms in total. The summed E-state index contributed by atoms with van der Waals surface area (Å²) in [7, 11) is 2.24. The summed E-state index contributed by atoms with van der Waals surface area (Å²) in [5, 5.41) is 3.72. The largest absolute Gasteiger partial charge is 0.385 e. The summed E-state index contributed by atoms with van der Waals surface area (Å²) in [6.45, 7) is 13.2. The lowest BCUT2D eigenvalue weighted by Gasteiger charge is -2.41. The normalized spacial score (nSPS) is 22.1. The molecule has 2 aromatic heterocycles. The molecular formula is C29H42N6. The lowest BCUT2D eigenvalue weighted by molar-refractivity contribution is 0.0826. The first-order valence-electron chi connectivity index (χ1n) is 13.6. The zero-order valence-electron chi connectivity index (χ0n) is 22.1. The van der Waals surface area contributed by atoms with Crippen molar-refractivity contribution in [2.45, 2.75) is 65.5 Å². The fourth-order valence-corrected chi connectivity index (χ4v) is 5.96. The zero-order chi connectivity index (χ0) is 24.4. The highest BCUT2D eigenvalue weighted by Crippen LogP contribution is 2.29. The Morgan fingerprint density at radius 3 is 2.34 bits per heavy atom. The number of aryl methyl sites for hydroxylation is 3. The monoisotopic (exact) mass is 474 g/mol. The molecule has 188 valence electrons. The van der Waals surface area contributed by atoms with E-state index in [1.54, 1.807) is 0 Å². The zero-order valence-corrected chi connectivity index (χ0v) is 22.1. The average molecular weight is 475 g/mol. The number of imidazole rings is 1. The molecule has 1 aliphatic heterocycles. The highest BCUT2D eigenvalue weighted by atomic mass is 15.3. The number of hydrogen-bond acceptors (Lipinski definition) is 5. The molecule has 0 bridgehead atoms. The maximum absolute atomic E-state index is 4.89. The molecule has 0 spiro atoms. The molecule has 3 aromatic rings. The van der Waals surface area contributed by atoms with Crippen molar-refractivity contribution in [2.75, 3.05) is 45.1 Å². The van der Waals surface area contributed by atoms with Crippen molar-refractivity contribution in [1.29, 1.82) is 0 Å². The van der Waals surface area contributed by atoms with Crippen LogP contribution in [0.1, 0.15) is 55.3 Å². The van der Waals surface area contributed by atoms with Crippen molar-refractivity contribution in [3.05, 3.63) is 53.0 Å². The Hall–Kier alpha value is -2.44. The molecule has 0 radical (unpaired) electrons. The van der Waals surface area contributed by atoms with Gasteiger partial charge in [0.05, 0.1) is 6.54 Å². The van der Waals surface area contributed by atoms with Gasteiger partial charge in [0.1, 0.15) is 11.3 Å². The van der Waals surface area contributed by atoms with Crippen LogP contribution in [0.3, 0.4) is 0 Å².